The third-order valence-corrected chi connectivity index (χ3v) is 5.45. The average molecular weight is 270 g/mol. The fraction of sp³-hybridized carbons (Fsp3) is 0.846. The van der Waals surface area contributed by atoms with Crippen LogP contribution in [0.1, 0.15) is 39.5 Å². The van der Waals surface area contributed by atoms with Crippen molar-refractivity contribution >= 4 is 23.6 Å². The van der Waals surface area contributed by atoms with E-state index in [2.05, 4.69) is 11.6 Å². The van der Waals surface area contributed by atoms with Crippen LogP contribution in [0.15, 0.2) is 0 Å². The standard InChI is InChI=1S/C13H22N2O2S/c1-4-13(2)12(17)15(8-11(16)14-13)9-6-5-7-10(9)18-3/h9-10H,4-8H2,1-3H3,(H,14,16). The summed E-state index contributed by atoms with van der Waals surface area (Å²) in [6.45, 7) is 4.01. The fourth-order valence-corrected chi connectivity index (χ4v) is 3.99. The van der Waals surface area contributed by atoms with Crippen molar-refractivity contribution in [3.63, 3.8) is 0 Å². The van der Waals surface area contributed by atoms with Crippen molar-refractivity contribution in [1.82, 2.24) is 10.2 Å². The van der Waals surface area contributed by atoms with Crippen LogP contribution in [0.25, 0.3) is 0 Å². The first kappa shape index (κ1) is 13.7. The maximum absolute atomic E-state index is 12.6. The lowest BCUT2D eigenvalue weighted by Gasteiger charge is -2.43. The number of carbonyl (C=O) groups is 2. The van der Waals surface area contributed by atoms with Gasteiger partial charge >= 0.3 is 0 Å². The summed E-state index contributed by atoms with van der Waals surface area (Å²) in [6.07, 6.45) is 6.08. The van der Waals surface area contributed by atoms with Crippen LogP contribution >= 0.6 is 11.8 Å². The van der Waals surface area contributed by atoms with E-state index in [0.717, 1.165) is 19.3 Å². The first-order valence-corrected chi connectivity index (χ1v) is 7.95. The van der Waals surface area contributed by atoms with Crippen molar-refractivity contribution in [3.8, 4) is 0 Å². The Bertz CT molecular complexity index is 361. The Morgan fingerprint density at radius 3 is 2.78 bits per heavy atom. The van der Waals surface area contributed by atoms with E-state index in [1.54, 1.807) is 0 Å². The molecule has 3 unspecified atom stereocenters. The van der Waals surface area contributed by atoms with Gasteiger partial charge in [-0.2, -0.15) is 11.8 Å². The monoisotopic (exact) mass is 270 g/mol. The van der Waals surface area contributed by atoms with Crippen molar-refractivity contribution in [2.24, 2.45) is 0 Å². The highest BCUT2D eigenvalue weighted by Gasteiger charge is 2.46. The molecule has 4 nitrogen and oxygen atoms in total. The molecule has 2 aliphatic rings. The Labute approximate surface area is 113 Å². The molecule has 1 aliphatic carbocycles. The molecule has 1 heterocycles. The molecule has 1 N–H and O–H groups in total. The molecule has 0 radical (unpaired) electrons. The minimum absolute atomic E-state index is 0.0225. The lowest BCUT2D eigenvalue weighted by Crippen LogP contribution is -2.67. The van der Waals surface area contributed by atoms with E-state index >= 15 is 0 Å². The van der Waals surface area contributed by atoms with Crippen LogP contribution in [-0.4, -0.2) is 46.3 Å². The molecule has 2 amide bonds. The van der Waals surface area contributed by atoms with Gasteiger partial charge in [-0.15, -0.1) is 0 Å². The summed E-state index contributed by atoms with van der Waals surface area (Å²) in [5, 5.41) is 3.33. The Morgan fingerprint density at radius 1 is 1.44 bits per heavy atom. The van der Waals surface area contributed by atoms with Gasteiger partial charge in [0.2, 0.25) is 11.8 Å². The number of nitrogens with zero attached hydrogens (tertiary/aromatic N) is 1. The van der Waals surface area contributed by atoms with Gasteiger partial charge in [0, 0.05) is 11.3 Å². The van der Waals surface area contributed by atoms with E-state index in [4.69, 9.17) is 0 Å². The van der Waals surface area contributed by atoms with Crippen LogP contribution in [0.4, 0.5) is 0 Å². The molecule has 1 saturated heterocycles. The van der Waals surface area contributed by atoms with Gasteiger partial charge in [-0.05, 0) is 32.4 Å². The van der Waals surface area contributed by atoms with Crippen molar-refractivity contribution < 1.29 is 9.59 Å². The minimum atomic E-state index is -0.707. The normalized spacial score (nSPS) is 36.9. The lowest BCUT2D eigenvalue weighted by molar-refractivity contribution is -0.151. The van der Waals surface area contributed by atoms with Crippen LogP contribution < -0.4 is 5.32 Å². The van der Waals surface area contributed by atoms with E-state index < -0.39 is 5.54 Å². The molecular weight excluding hydrogens is 248 g/mol. The molecule has 18 heavy (non-hydrogen) atoms. The highest BCUT2D eigenvalue weighted by molar-refractivity contribution is 7.99. The summed E-state index contributed by atoms with van der Waals surface area (Å²) in [7, 11) is 0. The third kappa shape index (κ3) is 2.25. The number of carbonyl (C=O) groups excluding carboxylic acids is 2. The fourth-order valence-electron chi connectivity index (χ4n) is 2.99. The quantitative estimate of drug-likeness (QED) is 0.843. The Hall–Kier alpha value is -0.710. The molecule has 0 spiro atoms. The molecule has 0 aromatic carbocycles. The maximum atomic E-state index is 12.6. The number of nitrogens with one attached hydrogen (secondary N) is 1. The summed E-state index contributed by atoms with van der Waals surface area (Å²) < 4.78 is 0. The van der Waals surface area contributed by atoms with Crippen LogP contribution in [0, 0.1) is 0 Å². The zero-order chi connectivity index (χ0) is 13.3. The number of thioether (sulfide) groups is 1. The molecular formula is C13H22N2O2S. The SMILES string of the molecule is CCC1(C)NC(=O)CN(C2CCCC2SC)C1=O. The van der Waals surface area contributed by atoms with Gasteiger partial charge in [0.15, 0.2) is 0 Å². The van der Waals surface area contributed by atoms with Crippen molar-refractivity contribution in [1.29, 1.82) is 0 Å². The molecule has 1 aliphatic heterocycles. The van der Waals surface area contributed by atoms with Crippen molar-refractivity contribution in [3.05, 3.63) is 0 Å². The topological polar surface area (TPSA) is 49.4 Å². The second-order valence-corrected chi connectivity index (χ2v) is 6.52. The van der Waals surface area contributed by atoms with Crippen LogP contribution in [0.2, 0.25) is 0 Å². The minimum Gasteiger partial charge on any atom is -0.340 e. The Balaban J connectivity index is 2.21. The van der Waals surface area contributed by atoms with E-state index in [-0.39, 0.29) is 24.4 Å². The average Bonchev–Trinajstić information content (AvgIpc) is 2.81. The molecule has 0 aromatic rings. The highest BCUT2D eigenvalue weighted by atomic mass is 32.2. The molecule has 5 heteroatoms. The predicted octanol–water partition coefficient (Wildman–Crippen LogP) is 1.40. The first-order valence-electron chi connectivity index (χ1n) is 6.66. The first-order chi connectivity index (χ1) is 8.51. The van der Waals surface area contributed by atoms with E-state index in [9.17, 15) is 9.59 Å². The smallest absolute Gasteiger partial charge is 0.248 e. The Morgan fingerprint density at radius 2 is 2.17 bits per heavy atom. The molecule has 0 aromatic heterocycles. The van der Waals surface area contributed by atoms with Crippen LogP contribution in [0.5, 0.6) is 0 Å². The molecule has 1 saturated carbocycles. The lowest BCUT2D eigenvalue weighted by atomic mass is 9.93. The maximum Gasteiger partial charge on any atom is 0.248 e. The van der Waals surface area contributed by atoms with Crippen molar-refractivity contribution in [2.45, 2.75) is 56.4 Å². The van der Waals surface area contributed by atoms with Crippen molar-refractivity contribution in [2.75, 3.05) is 12.8 Å². The van der Waals surface area contributed by atoms with Gasteiger partial charge in [0.1, 0.15) is 5.54 Å². The van der Waals surface area contributed by atoms with Crippen LogP contribution in [0.3, 0.4) is 0 Å². The predicted molar refractivity (Wildman–Crippen MR) is 73.5 cm³/mol. The second-order valence-electron chi connectivity index (χ2n) is 5.44. The van der Waals surface area contributed by atoms with E-state index in [1.807, 2.05) is 30.5 Å². The summed E-state index contributed by atoms with van der Waals surface area (Å²) in [4.78, 5) is 26.2. The van der Waals surface area contributed by atoms with Crippen LogP contribution in [-0.2, 0) is 9.59 Å². The van der Waals surface area contributed by atoms with Gasteiger partial charge in [-0.1, -0.05) is 13.3 Å². The van der Waals surface area contributed by atoms with E-state index in [1.165, 1.54) is 0 Å². The summed E-state index contributed by atoms with van der Waals surface area (Å²) in [5.74, 6) is 0.0706. The van der Waals surface area contributed by atoms with Gasteiger partial charge in [-0.25, -0.2) is 0 Å². The zero-order valence-corrected chi connectivity index (χ0v) is 12.2. The third-order valence-electron chi connectivity index (χ3n) is 4.29. The second kappa shape index (κ2) is 5.11. The number of amides is 2. The van der Waals surface area contributed by atoms with Gasteiger partial charge in [-0.3, -0.25) is 9.59 Å². The zero-order valence-electron chi connectivity index (χ0n) is 11.4. The largest absolute Gasteiger partial charge is 0.340 e. The summed E-state index contributed by atoms with van der Waals surface area (Å²) >= 11 is 1.82. The molecule has 2 rings (SSSR count). The number of piperazine rings is 1. The molecule has 3 atom stereocenters. The number of hydrogen-bond donors (Lipinski definition) is 1. The molecule has 2 fully saturated rings. The summed E-state index contributed by atoms with van der Waals surface area (Å²) in [5.41, 5.74) is -0.707. The molecule has 102 valence electrons. The van der Waals surface area contributed by atoms with Gasteiger partial charge < -0.3 is 10.2 Å². The Kier molecular flexibility index (Phi) is 3.90. The number of hydrogen-bond acceptors (Lipinski definition) is 3. The molecule has 0 bridgehead atoms. The summed E-state index contributed by atoms with van der Waals surface area (Å²) in [6, 6.07) is 0.240. The van der Waals surface area contributed by atoms with E-state index in [0.29, 0.717) is 11.7 Å². The van der Waals surface area contributed by atoms with Gasteiger partial charge in [0.25, 0.3) is 0 Å². The highest BCUT2D eigenvalue weighted by Crippen LogP contribution is 2.34. The van der Waals surface area contributed by atoms with Gasteiger partial charge in [0.05, 0.1) is 6.54 Å². The number of rotatable bonds is 3.